The van der Waals surface area contributed by atoms with Gasteiger partial charge in [-0.25, -0.2) is 0 Å². The summed E-state index contributed by atoms with van der Waals surface area (Å²) in [6.45, 7) is 12.5. The lowest BCUT2D eigenvalue weighted by Gasteiger charge is -2.29. The molecule has 0 fully saturated rings. The molecule has 0 aromatic rings. The van der Waals surface area contributed by atoms with Crippen LogP contribution in [0.1, 0.15) is 41.0 Å². The Balaban J connectivity index is 3.73. The molecule has 0 unspecified atom stereocenters. The maximum absolute atomic E-state index is 2.51. The van der Waals surface area contributed by atoms with Crippen molar-refractivity contribution in [3.05, 3.63) is 0 Å². The van der Waals surface area contributed by atoms with Crippen LogP contribution in [0.15, 0.2) is 0 Å². The molecular formula is C9H21N. The smallest absolute Gasteiger partial charge is 0.00412 e. The van der Waals surface area contributed by atoms with Crippen LogP contribution in [0.5, 0.6) is 0 Å². The molecule has 0 bridgehead atoms. The van der Waals surface area contributed by atoms with Gasteiger partial charge in [-0.15, -0.1) is 0 Å². The van der Waals surface area contributed by atoms with Crippen molar-refractivity contribution in [3.8, 4) is 0 Å². The van der Waals surface area contributed by atoms with Gasteiger partial charge in [0.15, 0.2) is 0 Å². The minimum absolute atomic E-state index is 0.694. The molecule has 62 valence electrons. The molecule has 1 heteroatoms. The molecule has 0 aliphatic carbocycles. The van der Waals surface area contributed by atoms with Gasteiger partial charge in [-0.3, -0.25) is 4.90 Å². The average Bonchev–Trinajstić information content (AvgIpc) is 1.81. The van der Waals surface area contributed by atoms with E-state index in [1.807, 2.05) is 0 Å². The summed E-state index contributed by atoms with van der Waals surface area (Å²) in [5.74, 6) is 0. The summed E-state index contributed by atoms with van der Waals surface area (Å²) in [5.41, 5.74) is 0. The van der Waals surface area contributed by atoms with E-state index in [-0.39, 0.29) is 0 Å². The first-order valence-corrected chi connectivity index (χ1v) is 4.35. The average molecular weight is 143 g/mol. The number of nitrogens with zero attached hydrogens (tertiary/aromatic N) is 1. The zero-order chi connectivity index (χ0) is 8.15. The van der Waals surface area contributed by atoms with Crippen LogP contribution in [0.2, 0.25) is 0 Å². The van der Waals surface area contributed by atoms with E-state index < -0.39 is 0 Å². The second-order valence-electron chi connectivity index (χ2n) is 3.43. The van der Waals surface area contributed by atoms with Crippen molar-refractivity contribution < 1.29 is 0 Å². The Morgan fingerprint density at radius 2 is 1.40 bits per heavy atom. The summed E-state index contributed by atoms with van der Waals surface area (Å²) < 4.78 is 0. The third-order valence-electron chi connectivity index (χ3n) is 1.81. The fraction of sp³-hybridized carbons (Fsp3) is 1.00. The molecule has 0 radical (unpaired) electrons. The van der Waals surface area contributed by atoms with Gasteiger partial charge in [-0.1, -0.05) is 6.92 Å². The molecule has 0 aromatic carbocycles. The Labute approximate surface area is 65.4 Å². The maximum Gasteiger partial charge on any atom is 0.00412 e. The molecule has 1 nitrogen and oxygen atoms in total. The lowest BCUT2D eigenvalue weighted by Crippen LogP contribution is -2.37. The van der Waals surface area contributed by atoms with Crippen LogP contribution >= 0.6 is 0 Å². The number of hydrogen-bond donors (Lipinski definition) is 0. The van der Waals surface area contributed by atoms with Crippen LogP contribution < -0.4 is 0 Å². The quantitative estimate of drug-likeness (QED) is 0.584. The van der Waals surface area contributed by atoms with E-state index in [0.717, 1.165) is 0 Å². The Kier molecular flexibility index (Phi) is 4.71. The number of hydrogen-bond acceptors (Lipinski definition) is 1. The molecule has 0 amide bonds. The fourth-order valence-corrected chi connectivity index (χ4v) is 1.37. The van der Waals surface area contributed by atoms with Gasteiger partial charge in [0.2, 0.25) is 0 Å². The Morgan fingerprint density at radius 1 is 1.00 bits per heavy atom. The standard InChI is InChI=1S/C9H21N/c1-6-7-10(8(2)3)9(4)5/h8-9H,6-7H2,1-5H3. The van der Waals surface area contributed by atoms with E-state index >= 15 is 0 Å². The highest BCUT2D eigenvalue weighted by atomic mass is 15.2. The maximum atomic E-state index is 2.51. The van der Waals surface area contributed by atoms with E-state index in [9.17, 15) is 0 Å². The zero-order valence-corrected chi connectivity index (χ0v) is 8.02. The monoisotopic (exact) mass is 143 g/mol. The summed E-state index contributed by atoms with van der Waals surface area (Å²) in [6, 6.07) is 1.39. The normalized spacial score (nSPS) is 12.0. The van der Waals surface area contributed by atoms with E-state index in [1.54, 1.807) is 0 Å². The van der Waals surface area contributed by atoms with Crippen molar-refractivity contribution in [1.82, 2.24) is 4.90 Å². The predicted octanol–water partition coefficient (Wildman–Crippen LogP) is 2.52. The molecule has 0 spiro atoms. The molecule has 0 N–H and O–H groups in total. The van der Waals surface area contributed by atoms with E-state index in [2.05, 4.69) is 39.5 Å². The summed E-state index contributed by atoms with van der Waals surface area (Å²) in [4.78, 5) is 2.51. The lowest BCUT2D eigenvalue weighted by molar-refractivity contribution is 0.175. The van der Waals surface area contributed by atoms with Crippen molar-refractivity contribution in [1.29, 1.82) is 0 Å². The third-order valence-corrected chi connectivity index (χ3v) is 1.81. The second-order valence-corrected chi connectivity index (χ2v) is 3.43. The van der Waals surface area contributed by atoms with Gasteiger partial charge in [0, 0.05) is 12.1 Å². The molecular weight excluding hydrogens is 122 g/mol. The van der Waals surface area contributed by atoms with Gasteiger partial charge >= 0.3 is 0 Å². The van der Waals surface area contributed by atoms with Crippen LogP contribution in [0.4, 0.5) is 0 Å². The lowest BCUT2D eigenvalue weighted by atomic mass is 10.2. The largest absolute Gasteiger partial charge is 0.299 e. The van der Waals surface area contributed by atoms with E-state index in [0.29, 0.717) is 12.1 Å². The Bertz CT molecular complexity index is 68.8. The van der Waals surface area contributed by atoms with Crippen molar-refractivity contribution >= 4 is 0 Å². The van der Waals surface area contributed by atoms with Crippen molar-refractivity contribution in [2.75, 3.05) is 6.54 Å². The van der Waals surface area contributed by atoms with Crippen LogP contribution in [-0.2, 0) is 0 Å². The van der Waals surface area contributed by atoms with Crippen LogP contribution in [-0.4, -0.2) is 23.5 Å². The number of rotatable bonds is 4. The highest BCUT2D eigenvalue weighted by Gasteiger charge is 2.10. The van der Waals surface area contributed by atoms with Crippen molar-refractivity contribution in [2.45, 2.75) is 53.1 Å². The molecule has 0 heterocycles. The van der Waals surface area contributed by atoms with Crippen molar-refractivity contribution in [2.24, 2.45) is 0 Å². The van der Waals surface area contributed by atoms with Gasteiger partial charge in [0.05, 0.1) is 0 Å². The first-order valence-electron chi connectivity index (χ1n) is 4.35. The Morgan fingerprint density at radius 3 is 1.50 bits per heavy atom. The molecule has 0 atom stereocenters. The van der Waals surface area contributed by atoms with Gasteiger partial charge in [-0.2, -0.15) is 0 Å². The highest BCUT2D eigenvalue weighted by molar-refractivity contribution is 4.65. The van der Waals surface area contributed by atoms with Crippen LogP contribution in [0.3, 0.4) is 0 Å². The first-order chi connectivity index (χ1) is 4.59. The first kappa shape index (κ1) is 9.96. The highest BCUT2D eigenvalue weighted by Crippen LogP contribution is 2.04. The summed E-state index contributed by atoms with van der Waals surface area (Å²) in [6.07, 6.45) is 1.26. The molecule has 0 aromatic heterocycles. The summed E-state index contributed by atoms with van der Waals surface area (Å²) in [7, 11) is 0. The topological polar surface area (TPSA) is 3.24 Å². The van der Waals surface area contributed by atoms with Gasteiger partial charge in [0.1, 0.15) is 0 Å². The van der Waals surface area contributed by atoms with Crippen molar-refractivity contribution in [3.63, 3.8) is 0 Å². The molecule has 0 saturated carbocycles. The van der Waals surface area contributed by atoms with Gasteiger partial charge in [0.25, 0.3) is 0 Å². The molecule has 0 aliphatic heterocycles. The minimum atomic E-state index is 0.694. The minimum Gasteiger partial charge on any atom is -0.299 e. The van der Waals surface area contributed by atoms with E-state index in [1.165, 1.54) is 13.0 Å². The molecule has 0 saturated heterocycles. The van der Waals surface area contributed by atoms with Crippen LogP contribution in [0, 0.1) is 0 Å². The fourth-order valence-electron chi connectivity index (χ4n) is 1.37. The summed E-state index contributed by atoms with van der Waals surface area (Å²) in [5, 5.41) is 0. The second kappa shape index (κ2) is 4.73. The SMILES string of the molecule is CCCN(C(C)C)C(C)C. The molecule has 0 aliphatic rings. The van der Waals surface area contributed by atoms with E-state index in [4.69, 9.17) is 0 Å². The van der Waals surface area contributed by atoms with Gasteiger partial charge < -0.3 is 0 Å². The molecule has 10 heavy (non-hydrogen) atoms. The zero-order valence-electron chi connectivity index (χ0n) is 8.02. The Hall–Kier alpha value is -0.0400. The van der Waals surface area contributed by atoms with Crippen LogP contribution in [0.25, 0.3) is 0 Å². The predicted molar refractivity (Wildman–Crippen MR) is 47.3 cm³/mol. The third kappa shape index (κ3) is 3.21. The molecule has 0 rings (SSSR count). The summed E-state index contributed by atoms with van der Waals surface area (Å²) >= 11 is 0. The van der Waals surface area contributed by atoms with Gasteiger partial charge in [-0.05, 0) is 40.7 Å².